The van der Waals surface area contributed by atoms with E-state index in [9.17, 15) is 47.9 Å². The molecule has 648 valence electrons. The molecular formula is C79H101ClN22O18S. The summed E-state index contributed by atoms with van der Waals surface area (Å²) < 4.78 is 51.8. The van der Waals surface area contributed by atoms with Crippen LogP contribution in [0.25, 0.3) is 0 Å². The quantitative estimate of drug-likeness (QED) is 0.0142. The average molecular weight is 1710 g/mol. The summed E-state index contributed by atoms with van der Waals surface area (Å²) in [5, 5.41) is 45.8. The molecule has 0 fully saturated rings. The van der Waals surface area contributed by atoms with Crippen molar-refractivity contribution in [2.75, 3.05) is 163 Å². The van der Waals surface area contributed by atoms with Crippen molar-refractivity contribution < 1.29 is 85.8 Å². The fourth-order valence-corrected chi connectivity index (χ4v) is 13.2. The average Bonchev–Trinajstić information content (AvgIpc) is 1.60. The lowest BCUT2D eigenvalue weighted by atomic mass is 9.99. The van der Waals surface area contributed by atoms with Gasteiger partial charge in [-0.2, -0.15) is 0 Å². The highest BCUT2D eigenvalue weighted by molar-refractivity contribution is 7.17. The minimum Gasteiger partial charge on any atom is -0.491 e. The highest BCUT2D eigenvalue weighted by Gasteiger charge is 2.35. The van der Waals surface area contributed by atoms with Gasteiger partial charge in [-0.1, -0.05) is 23.7 Å². The van der Waals surface area contributed by atoms with Crippen LogP contribution in [-0.2, 0) is 92.4 Å². The number of aryl methyl sites for hydroxylation is 6. The first-order valence-electron chi connectivity index (χ1n) is 38.6. The van der Waals surface area contributed by atoms with Crippen molar-refractivity contribution in [2.45, 2.75) is 52.5 Å². The molecule has 9 rings (SSSR count). The first-order valence-corrected chi connectivity index (χ1v) is 39.8. The third kappa shape index (κ3) is 28.7. The Hall–Kier alpha value is -12.4. The normalized spacial score (nSPS) is 12.4. The monoisotopic (exact) mass is 1710 g/mol. The molecule has 0 radical (unpaired) electrons. The van der Waals surface area contributed by atoms with Crippen molar-refractivity contribution in [1.29, 1.82) is 10.8 Å². The van der Waals surface area contributed by atoms with Crippen LogP contribution in [0.5, 0.6) is 5.75 Å². The molecule has 0 bridgehead atoms. The summed E-state index contributed by atoms with van der Waals surface area (Å²) in [7, 11) is 8.00. The molecule has 0 aliphatic carbocycles. The molecule has 42 heteroatoms. The molecular weight excluding hydrogens is 1610 g/mol. The van der Waals surface area contributed by atoms with Crippen LogP contribution in [0, 0.1) is 24.7 Å². The molecule has 12 N–H and O–H groups in total. The molecule has 7 heterocycles. The van der Waals surface area contributed by atoms with E-state index in [4.69, 9.17) is 65.3 Å². The summed E-state index contributed by atoms with van der Waals surface area (Å²) in [5.74, 6) is -3.82. The van der Waals surface area contributed by atoms with Gasteiger partial charge in [-0.3, -0.25) is 68.7 Å². The van der Waals surface area contributed by atoms with Gasteiger partial charge >= 0.3 is 0 Å². The predicted octanol–water partition coefficient (Wildman–Crippen LogP) is 4.49. The number of hydrogen-bond donors (Lipinski definition) is 12. The fraction of sp³-hybridized carbons (Fsp3) is 0.418. The number of thiophene rings is 1. The van der Waals surface area contributed by atoms with Crippen LogP contribution in [0.15, 0.2) is 103 Å². The lowest BCUT2D eigenvalue weighted by Gasteiger charge is -2.24. The molecule has 10 amide bonds. The zero-order chi connectivity index (χ0) is 86.9. The number of benzene rings is 2. The Bertz CT molecular complexity index is 4970. The molecule has 8 aromatic rings. The number of aromatic nitrogens is 8. The van der Waals surface area contributed by atoms with Gasteiger partial charge in [0.05, 0.1) is 109 Å². The van der Waals surface area contributed by atoms with Crippen LogP contribution in [0.4, 0.5) is 33.7 Å². The fourth-order valence-electron chi connectivity index (χ4n) is 11.8. The van der Waals surface area contributed by atoms with E-state index in [0.717, 1.165) is 26.6 Å². The lowest BCUT2D eigenvalue weighted by Crippen LogP contribution is -2.41. The Kier molecular flexibility index (Phi) is 35.8. The number of anilines is 6. The van der Waals surface area contributed by atoms with E-state index in [1.165, 1.54) is 66.5 Å². The van der Waals surface area contributed by atoms with Gasteiger partial charge in [0.1, 0.15) is 53.1 Å². The van der Waals surface area contributed by atoms with Crippen molar-refractivity contribution in [3.8, 4) is 5.75 Å². The maximum atomic E-state index is 13.5. The van der Waals surface area contributed by atoms with Crippen LogP contribution in [0.1, 0.15) is 107 Å². The summed E-state index contributed by atoms with van der Waals surface area (Å²) in [6.45, 7) is 10.3. The van der Waals surface area contributed by atoms with E-state index in [-0.39, 0.29) is 154 Å². The Balaban J connectivity index is 0.510. The number of carbonyl (C=O) groups is 10. The van der Waals surface area contributed by atoms with Crippen LogP contribution in [-0.4, -0.2) is 252 Å². The zero-order valence-corrected chi connectivity index (χ0v) is 70.0. The third-order valence-corrected chi connectivity index (χ3v) is 19.4. The second-order valence-electron chi connectivity index (χ2n) is 27.3. The Morgan fingerprint density at radius 3 is 1.44 bits per heavy atom. The molecule has 40 nitrogen and oxygen atoms in total. The van der Waals surface area contributed by atoms with Crippen LogP contribution in [0.3, 0.4) is 0 Å². The number of carbonyl (C=O) groups excluding carboxylic acids is 10. The number of hydrogen-bond acceptors (Lipinski definition) is 25. The largest absolute Gasteiger partial charge is 0.491 e. The van der Waals surface area contributed by atoms with E-state index in [1.807, 2.05) is 26.0 Å². The van der Waals surface area contributed by atoms with E-state index in [0.29, 0.717) is 107 Å². The summed E-state index contributed by atoms with van der Waals surface area (Å²) >= 11 is 7.72. The number of nitrogens with zero attached hydrogens (tertiary/aromatic N) is 10. The Morgan fingerprint density at radius 2 is 0.942 bits per heavy atom. The van der Waals surface area contributed by atoms with Crippen molar-refractivity contribution in [1.82, 2.24) is 64.4 Å². The summed E-state index contributed by atoms with van der Waals surface area (Å²) in [4.78, 5) is 149. The van der Waals surface area contributed by atoms with Gasteiger partial charge in [0, 0.05) is 151 Å². The number of aliphatic imine (C=N–C) groups is 1. The molecule has 1 atom stereocenters. The molecule has 0 unspecified atom stereocenters. The van der Waals surface area contributed by atoms with Crippen LogP contribution in [0.2, 0.25) is 5.02 Å². The Labute approximate surface area is 705 Å². The number of rotatable bonds is 49. The first kappa shape index (κ1) is 92.5. The van der Waals surface area contributed by atoms with E-state index in [2.05, 4.69) is 68.1 Å². The van der Waals surface area contributed by atoms with E-state index < -0.39 is 47.4 Å². The third-order valence-electron chi connectivity index (χ3n) is 18.0. The van der Waals surface area contributed by atoms with Gasteiger partial charge in [0.25, 0.3) is 29.5 Å². The standard InChI is InChI=1S/C79H101ClN22O18S/c1-49-50(2)121-79-68(49)69(52-9-11-53(80)12-10-52)92-58(70(82)102(79)51(3)81)43-66(106)89-54-13-15-57(16-14-54)120-40-39-118-36-35-116-32-31-114-28-27-113-29-30-115-33-34-117-37-38-119-48-67(107)84-24-23-83-63(103)17-20-88-76(110)72-95-61(46-100(72)7)93-64(104)18-21-87-75(109)60-42-56(45-99(60)6)91-78(112)73-96-62(47-101(73)8)94-65(105)19-22-86-74(108)59-41-55(44-98(59)5)90-77(111)71-85-25-26-97(71)4/h9-16,25-26,41-42,44-47,58,81-82H,17-24,27-40,43,48H2,1-8H3,(H,83,103)(H,84,107)(H,86,108)(H,87,109)(H,88,110)(H,89,106)(H,90,111)(H,91,112)(H,93,104)(H,94,105)/t58-/m0/s1. The Morgan fingerprint density at radius 1 is 0.479 bits per heavy atom. The van der Waals surface area contributed by atoms with Crippen molar-refractivity contribution >= 4 is 133 Å². The zero-order valence-electron chi connectivity index (χ0n) is 68.4. The molecule has 0 saturated heterocycles. The smallest absolute Gasteiger partial charge is 0.291 e. The molecule has 1 aliphatic heterocycles. The molecule has 6 aromatic heterocycles. The van der Waals surface area contributed by atoms with Crippen LogP contribution >= 0.6 is 22.9 Å². The summed E-state index contributed by atoms with van der Waals surface area (Å²) in [6, 6.07) is 16.3. The van der Waals surface area contributed by atoms with Crippen molar-refractivity contribution in [3.63, 3.8) is 0 Å². The number of amidine groups is 2. The van der Waals surface area contributed by atoms with Gasteiger partial charge in [0.2, 0.25) is 41.2 Å². The van der Waals surface area contributed by atoms with E-state index in [1.54, 1.807) is 100 Å². The van der Waals surface area contributed by atoms with Crippen LogP contribution < -0.4 is 62.8 Å². The lowest BCUT2D eigenvalue weighted by molar-refractivity contribution is -0.126. The molecule has 121 heavy (non-hydrogen) atoms. The molecule has 0 spiro atoms. The molecule has 2 aromatic carbocycles. The minimum absolute atomic E-state index is 0.0337. The predicted molar refractivity (Wildman–Crippen MR) is 450 cm³/mol. The minimum atomic E-state index is -0.863. The second kappa shape index (κ2) is 46.9. The number of nitrogens with one attached hydrogen (secondary N) is 12. The number of halogens is 1. The number of imidazole rings is 3. The molecule has 0 saturated carbocycles. The maximum Gasteiger partial charge on any atom is 0.291 e. The number of amides is 10. The number of fused-ring (bicyclic) bond motifs is 1. The number of ether oxygens (including phenoxy) is 8. The van der Waals surface area contributed by atoms with E-state index >= 15 is 0 Å². The van der Waals surface area contributed by atoms with Crippen molar-refractivity contribution in [2.24, 2.45) is 40.2 Å². The highest BCUT2D eigenvalue weighted by atomic mass is 35.5. The highest BCUT2D eigenvalue weighted by Crippen LogP contribution is 2.40. The van der Waals surface area contributed by atoms with Gasteiger partial charge in [-0.25, -0.2) is 15.0 Å². The topological polar surface area (TPSA) is 491 Å². The first-order chi connectivity index (χ1) is 58.2. The van der Waals surface area contributed by atoms with Gasteiger partial charge in [-0.15, -0.1) is 11.3 Å². The SMILES string of the molecule is CC(=N)N1C(=N)[C@H](CC(=O)Nc2ccc(OCCOCCOCCOCCOCCOCCOCCOCC(=O)NCCNC(=O)CCNC(=O)c3nc(NC(=O)CCNC(=O)c4cc(NC(=O)c5nc(NC(=O)CCNC(=O)c6cc(NC(=O)c7nccn7C)cn6C)cn5C)cn4C)cn3C)cc2)N=C(c2ccc(Cl)cc2)c2c1sc(C)c2C. The summed E-state index contributed by atoms with van der Waals surface area (Å²) in [5.41, 5.74) is 4.85. The second-order valence-corrected chi connectivity index (χ2v) is 28.9. The summed E-state index contributed by atoms with van der Waals surface area (Å²) in [6.07, 6.45) is 8.56. The van der Waals surface area contributed by atoms with Gasteiger partial charge < -0.3 is 114 Å². The van der Waals surface area contributed by atoms with Crippen molar-refractivity contribution in [3.05, 3.63) is 153 Å². The van der Waals surface area contributed by atoms with Gasteiger partial charge in [-0.05, 0) is 74.9 Å². The maximum absolute atomic E-state index is 13.5. The van der Waals surface area contributed by atoms with Gasteiger partial charge in [0.15, 0.2) is 17.5 Å². The molecule has 1 aliphatic rings.